The van der Waals surface area contributed by atoms with Crippen LogP contribution in [0.2, 0.25) is 0 Å². The zero-order valence-corrected chi connectivity index (χ0v) is 17.6. The fraction of sp³-hybridized carbons (Fsp3) is 0.478. The predicted octanol–water partition coefficient (Wildman–Crippen LogP) is 4.26. The molecule has 0 N–H and O–H groups in total. The summed E-state index contributed by atoms with van der Waals surface area (Å²) >= 11 is 0. The number of hydrogen-bond acceptors (Lipinski definition) is 5. The van der Waals surface area contributed by atoms with Crippen molar-refractivity contribution in [1.29, 1.82) is 0 Å². The van der Waals surface area contributed by atoms with Crippen LogP contribution in [0.1, 0.15) is 48.6 Å². The molecule has 0 aliphatic carbocycles. The number of aryl methyl sites for hydroxylation is 1. The highest BCUT2D eigenvalue weighted by Gasteiger charge is 2.26. The molecule has 0 radical (unpaired) electrons. The average molecular weight is 395 g/mol. The third kappa shape index (κ3) is 4.43. The Morgan fingerprint density at radius 1 is 1.21 bits per heavy atom. The number of oxazole rings is 1. The van der Waals surface area contributed by atoms with Gasteiger partial charge in [0.1, 0.15) is 17.7 Å². The molecule has 1 aromatic carbocycles. The van der Waals surface area contributed by atoms with Crippen molar-refractivity contribution in [3.8, 4) is 11.4 Å². The number of rotatable bonds is 8. The highest BCUT2D eigenvalue weighted by atomic mass is 16.5. The minimum atomic E-state index is 0.565. The van der Waals surface area contributed by atoms with E-state index in [1.165, 1.54) is 28.8 Å². The van der Waals surface area contributed by atoms with Gasteiger partial charge in [0.25, 0.3) is 0 Å². The number of nitrogens with zero attached hydrogens (tertiary/aromatic N) is 4. The maximum atomic E-state index is 5.23. The van der Waals surface area contributed by atoms with Crippen molar-refractivity contribution in [2.24, 2.45) is 0 Å². The predicted molar refractivity (Wildman–Crippen MR) is 113 cm³/mol. The molecular weight excluding hydrogens is 364 g/mol. The third-order valence-corrected chi connectivity index (χ3v) is 5.66. The van der Waals surface area contributed by atoms with E-state index in [-0.39, 0.29) is 0 Å². The van der Waals surface area contributed by atoms with Gasteiger partial charge in [0.05, 0.1) is 0 Å². The summed E-state index contributed by atoms with van der Waals surface area (Å²) in [5.74, 6) is 0.565. The molecule has 2 aromatic heterocycles. The van der Waals surface area contributed by atoms with Crippen LogP contribution in [-0.4, -0.2) is 39.9 Å². The van der Waals surface area contributed by atoms with E-state index in [9.17, 15) is 0 Å². The first kappa shape index (κ1) is 19.9. The molecule has 1 aliphatic heterocycles. The van der Waals surface area contributed by atoms with Crippen LogP contribution >= 0.6 is 0 Å². The molecule has 154 valence electrons. The molecule has 0 spiro atoms. The molecular formula is C23H30N4O2. The summed E-state index contributed by atoms with van der Waals surface area (Å²) in [6.07, 6.45) is 5.11. The van der Waals surface area contributed by atoms with Crippen LogP contribution in [0.4, 0.5) is 0 Å². The van der Waals surface area contributed by atoms with Crippen LogP contribution in [0.25, 0.3) is 11.4 Å². The van der Waals surface area contributed by atoms with Gasteiger partial charge in [0.15, 0.2) is 6.39 Å². The maximum Gasteiger partial charge on any atom is 0.181 e. The number of aromatic nitrogens is 3. The molecule has 0 saturated heterocycles. The van der Waals surface area contributed by atoms with E-state index in [1.807, 2.05) is 0 Å². The van der Waals surface area contributed by atoms with Gasteiger partial charge in [0.2, 0.25) is 0 Å². The second-order valence-electron chi connectivity index (χ2n) is 8.07. The average Bonchev–Trinajstić information content (AvgIpc) is 3.37. The van der Waals surface area contributed by atoms with Gasteiger partial charge < -0.3 is 9.15 Å². The number of benzene rings is 1. The Hall–Kier alpha value is -2.44. The lowest BCUT2D eigenvalue weighted by atomic mass is 10.0. The molecule has 3 heterocycles. The summed E-state index contributed by atoms with van der Waals surface area (Å²) in [6, 6.07) is 9.03. The van der Waals surface area contributed by atoms with Crippen LogP contribution in [0.3, 0.4) is 0 Å². The van der Waals surface area contributed by atoms with Crippen molar-refractivity contribution in [3.05, 3.63) is 59.3 Å². The summed E-state index contributed by atoms with van der Waals surface area (Å²) in [5.41, 5.74) is 7.11. The Morgan fingerprint density at radius 2 is 2.03 bits per heavy atom. The van der Waals surface area contributed by atoms with Crippen molar-refractivity contribution < 1.29 is 9.15 Å². The Balaban J connectivity index is 1.54. The minimum Gasteiger partial charge on any atom is -0.451 e. The Bertz CT molecular complexity index is 913. The van der Waals surface area contributed by atoms with Crippen LogP contribution in [-0.2, 0) is 30.8 Å². The fourth-order valence-electron chi connectivity index (χ4n) is 4.03. The molecule has 0 bridgehead atoms. The van der Waals surface area contributed by atoms with Gasteiger partial charge in [-0.3, -0.25) is 9.58 Å². The quantitative estimate of drug-likeness (QED) is 0.535. The lowest BCUT2D eigenvalue weighted by molar-refractivity contribution is 0.188. The van der Waals surface area contributed by atoms with Crippen LogP contribution < -0.4 is 0 Å². The van der Waals surface area contributed by atoms with Crippen molar-refractivity contribution in [1.82, 2.24) is 19.7 Å². The van der Waals surface area contributed by atoms with Crippen molar-refractivity contribution in [2.75, 3.05) is 20.3 Å². The summed E-state index contributed by atoms with van der Waals surface area (Å²) in [4.78, 5) is 6.85. The highest BCUT2D eigenvalue weighted by molar-refractivity contribution is 5.59. The summed E-state index contributed by atoms with van der Waals surface area (Å²) < 4.78 is 12.6. The first-order valence-electron chi connectivity index (χ1n) is 10.4. The SMILES string of the molecule is COCCCn1nc(-c2cocn2)c2c1CCN(Cc1ccc(C(C)C)cc1)C2. The Morgan fingerprint density at radius 3 is 2.72 bits per heavy atom. The number of methoxy groups -OCH3 is 1. The van der Waals surface area contributed by atoms with Gasteiger partial charge in [-0.2, -0.15) is 5.10 Å². The number of fused-ring (bicyclic) bond motifs is 1. The van der Waals surface area contributed by atoms with Crippen LogP contribution in [0.5, 0.6) is 0 Å². The second-order valence-corrected chi connectivity index (χ2v) is 8.07. The van der Waals surface area contributed by atoms with Gasteiger partial charge >= 0.3 is 0 Å². The van der Waals surface area contributed by atoms with E-state index in [0.29, 0.717) is 5.92 Å². The Labute approximate surface area is 172 Å². The summed E-state index contributed by atoms with van der Waals surface area (Å²) in [5, 5.41) is 4.89. The molecule has 1 aliphatic rings. The number of hydrogen-bond donors (Lipinski definition) is 0. The molecule has 0 amide bonds. The van der Waals surface area contributed by atoms with E-state index < -0.39 is 0 Å². The fourth-order valence-corrected chi connectivity index (χ4v) is 4.03. The van der Waals surface area contributed by atoms with Gasteiger partial charge in [-0.25, -0.2) is 4.98 Å². The smallest absolute Gasteiger partial charge is 0.181 e. The molecule has 0 unspecified atom stereocenters. The second kappa shape index (κ2) is 8.93. The summed E-state index contributed by atoms with van der Waals surface area (Å²) in [6.45, 7) is 8.94. The molecule has 3 aromatic rings. The molecule has 6 nitrogen and oxygen atoms in total. The van der Waals surface area contributed by atoms with E-state index in [0.717, 1.165) is 57.0 Å². The summed E-state index contributed by atoms with van der Waals surface area (Å²) in [7, 11) is 1.74. The zero-order valence-electron chi connectivity index (χ0n) is 17.6. The standard InChI is InChI=1S/C23H30N4O2/c1-17(2)19-7-5-18(6-8-19)13-26-11-9-22-20(14-26)23(21-15-29-16-24-21)25-27(22)10-4-12-28-3/h5-8,15-17H,4,9-14H2,1-3H3. The van der Waals surface area contributed by atoms with Gasteiger partial charge in [-0.15, -0.1) is 0 Å². The Kier molecular flexibility index (Phi) is 6.11. The van der Waals surface area contributed by atoms with E-state index in [4.69, 9.17) is 14.3 Å². The van der Waals surface area contributed by atoms with Crippen LogP contribution in [0.15, 0.2) is 41.3 Å². The monoisotopic (exact) mass is 394 g/mol. The molecule has 6 heteroatoms. The molecule has 0 fully saturated rings. The maximum absolute atomic E-state index is 5.23. The lowest BCUT2D eigenvalue weighted by Gasteiger charge is -2.28. The molecule has 4 rings (SSSR count). The first-order chi connectivity index (χ1) is 14.2. The van der Waals surface area contributed by atoms with Gasteiger partial charge in [-0.05, 0) is 23.5 Å². The number of ether oxygens (including phenoxy) is 1. The largest absolute Gasteiger partial charge is 0.451 e. The van der Waals surface area contributed by atoms with Crippen molar-refractivity contribution in [2.45, 2.75) is 52.2 Å². The minimum absolute atomic E-state index is 0.565. The van der Waals surface area contributed by atoms with Gasteiger partial charge in [-0.1, -0.05) is 38.1 Å². The highest BCUT2D eigenvalue weighted by Crippen LogP contribution is 2.30. The normalized spacial score (nSPS) is 14.5. The van der Waals surface area contributed by atoms with E-state index in [2.05, 4.69) is 52.7 Å². The van der Waals surface area contributed by atoms with Gasteiger partial charge in [0, 0.05) is 57.6 Å². The molecule has 0 saturated carbocycles. The van der Waals surface area contributed by atoms with E-state index in [1.54, 1.807) is 13.4 Å². The van der Waals surface area contributed by atoms with Crippen molar-refractivity contribution in [3.63, 3.8) is 0 Å². The lowest BCUT2D eigenvalue weighted by Crippen LogP contribution is -2.31. The molecule has 0 atom stereocenters. The van der Waals surface area contributed by atoms with Crippen LogP contribution in [0, 0.1) is 0 Å². The van der Waals surface area contributed by atoms with Crippen molar-refractivity contribution >= 4 is 0 Å². The third-order valence-electron chi connectivity index (χ3n) is 5.66. The first-order valence-corrected chi connectivity index (χ1v) is 10.4. The molecule has 29 heavy (non-hydrogen) atoms. The zero-order chi connectivity index (χ0) is 20.2. The van der Waals surface area contributed by atoms with E-state index >= 15 is 0 Å². The topological polar surface area (TPSA) is 56.3 Å².